The highest BCUT2D eigenvalue weighted by Crippen LogP contribution is 2.30. The molecule has 1 aliphatic carbocycles. The summed E-state index contributed by atoms with van der Waals surface area (Å²) in [4.78, 5) is 10.8. The molecule has 1 heterocycles. The molecular weight excluding hydrogens is 230 g/mol. The van der Waals surface area contributed by atoms with Crippen molar-refractivity contribution in [3.05, 3.63) is 11.4 Å². The summed E-state index contributed by atoms with van der Waals surface area (Å²) >= 11 is 0. The molecule has 18 heavy (non-hydrogen) atoms. The Kier molecular flexibility index (Phi) is 3.99. The molecule has 0 unspecified atom stereocenters. The third-order valence-corrected chi connectivity index (χ3v) is 3.69. The van der Waals surface area contributed by atoms with Gasteiger partial charge in [-0.15, -0.1) is 5.10 Å². The maximum absolute atomic E-state index is 10.8. The number of nitrogens with zero attached hydrogens (tertiary/aromatic N) is 3. The lowest BCUT2D eigenvalue weighted by molar-refractivity contribution is -0.136. The van der Waals surface area contributed by atoms with Gasteiger partial charge in [-0.1, -0.05) is 38.3 Å². The Morgan fingerprint density at radius 2 is 2.22 bits per heavy atom. The number of carboxylic acid groups (broad SMARTS) is 1. The largest absolute Gasteiger partial charge is 0.481 e. The van der Waals surface area contributed by atoms with Gasteiger partial charge < -0.3 is 5.11 Å². The predicted molar refractivity (Wildman–Crippen MR) is 67.4 cm³/mol. The Bertz CT molecular complexity index is 422. The molecule has 0 aromatic carbocycles. The van der Waals surface area contributed by atoms with Crippen LogP contribution in [0.25, 0.3) is 0 Å². The molecule has 2 rings (SSSR count). The number of rotatable bonds is 6. The molecule has 0 amide bonds. The number of carboxylic acids is 1. The molecule has 100 valence electrons. The van der Waals surface area contributed by atoms with Gasteiger partial charge in [0.15, 0.2) is 0 Å². The average molecular weight is 251 g/mol. The van der Waals surface area contributed by atoms with E-state index < -0.39 is 5.97 Å². The molecule has 0 spiro atoms. The van der Waals surface area contributed by atoms with Gasteiger partial charge >= 0.3 is 5.97 Å². The summed E-state index contributed by atoms with van der Waals surface area (Å²) in [7, 11) is 0. The maximum atomic E-state index is 10.8. The third-order valence-electron chi connectivity index (χ3n) is 3.69. The van der Waals surface area contributed by atoms with Crippen LogP contribution in [0.4, 0.5) is 0 Å². The molecule has 5 nitrogen and oxygen atoms in total. The summed E-state index contributed by atoms with van der Waals surface area (Å²) in [6.45, 7) is 4.98. The lowest BCUT2D eigenvalue weighted by Gasteiger charge is -2.25. The molecule has 0 bridgehead atoms. The van der Waals surface area contributed by atoms with Crippen LogP contribution in [0, 0.1) is 5.92 Å². The summed E-state index contributed by atoms with van der Waals surface area (Å²) in [5, 5.41) is 17.0. The van der Waals surface area contributed by atoms with Crippen molar-refractivity contribution >= 4 is 5.97 Å². The minimum absolute atomic E-state index is 0.0308. The molecule has 1 aromatic heterocycles. The Balaban J connectivity index is 2.07. The first-order chi connectivity index (χ1) is 8.58. The first kappa shape index (κ1) is 13.1. The van der Waals surface area contributed by atoms with Crippen molar-refractivity contribution in [1.82, 2.24) is 15.0 Å². The molecule has 0 radical (unpaired) electrons. The van der Waals surface area contributed by atoms with Gasteiger partial charge in [-0.25, -0.2) is 4.68 Å². The van der Waals surface area contributed by atoms with Crippen LogP contribution in [0.5, 0.6) is 0 Å². The fraction of sp³-hybridized carbons (Fsp3) is 0.769. The minimum Gasteiger partial charge on any atom is -0.481 e. The predicted octanol–water partition coefficient (Wildman–Crippen LogP) is 2.22. The second-order valence-corrected chi connectivity index (χ2v) is 5.46. The van der Waals surface area contributed by atoms with Gasteiger partial charge in [0.1, 0.15) is 0 Å². The molecule has 0 atom stereocenters. The van der Waals surface area contributed by atoms with Gasteiger partial charge in [0, 0.05) is 6.54 Å². The highest BCUT2D eigenvalue weighted by molar-refractivity contribution is 5.69. The van der Waals surface area contributed by atoms with E-state index in [1.54, 1.807) is 0 Å². The minimum atomic E-state index is -0.844. The van der Waals surface area contributed by atoms with E-state index in [-0.39, 0.29) is 12.3 Å². The van der Waals surface area contributed by atoms with E-state index in [9.17, 15) is 4.79 Å². The van der Waals surface area contributed by atoms with Gasteiger partial charge in [0.25, 0.3) is 0 Å². The number of hydrogen-bond donors (Lipinski definition) is 1. The van der Waals surface area contributed by atoms with E-state index >= 15 is 0 Å². The molecule has 5 heteroatoms. The zero-order valence-corrected chi connectivity index (χ0v) is 11.1. The first-order valence-electron chi connectivity index (χ1n) is 6.72. The van der Waals surface area contributed by atoms with Crippen molar-refractivity contribution in [2.24, 2.45) is 5.92 Å². The number of aliphatic carboxylic acids is 1. The summed E-state index contributed by atoms with van der Waals surface area (Å²) in [5.41, 5.74) is 1.60. The quantitative estimate of drug-likeness (QED) is 0.841. The van der Waals surface area contributed by atoms with E-state index in [2.05, 4.69) is 24.2 Å². The molecule has 0 saturated heterocycles. The molecule has 1 aliphatic rings. The lowest BCUT2D eigenvalue weighted by Crippen LogP contribution is -2.16. The third kappa shape index (κ3) is 2.89. The normalized spacial score (nSPS) is 15.9. The fourth-order valence-corrected chi connectivity index (χ4v) is 2.51. The van der Waals surface area contributed by atoms with Gasteiger partial charge in [-0.3, -0.25) is 4.79 Å². The average Bonchev–Trinajstić information content (AvgIpc) is 2.57. The topological polar surface area (TPSA) is 68.0 Å². The Morgan fingerprint density at radius 3 is 2.72 bits per heavy atom. The zero-order valence-electron chi connectivity index (χ0n) is 11.1. The lowest BCUT2D eigenvalue weighted by atomic mass is 9.83. The highest BCUT2D eigenvalue weighted by atomic mass is 16.4. The van der Waals surface area contributed by atoms with Crippen LogP contribution in [-0.2, 0) is 17.8 Å². The van der Waals surface area contributed by atoms with E-state index in [0.717, 1.165) is 24.6 Å². The SMILES string of the molecule is CC(C)c1c(CC(=O)O)nnn1CCC1CCC1. The summed E-state index contributed by atoms with van der Waals surface area (Å²) in [6, 6.07) is 0. The standard InChI is InChI=1S/C13H21N3O2/c1-9(2)13-11(8-12(17)18)14-15-16(13)7-6-10-4-3-5-10/h9-10H,3-8H2,1-2H3,(H,17,18). The Morgan fingerprint density at radius 1 is 1.50 bits per heavy atom. The van der Waals surface area contributed by atoms with Gasteiger partial charge in [-0.05, 0) is 18.3 Å². The van der Waals surface area contributed by atoms with Crippen LogP contribution in [0.3, 0.4) is 0 Å². The fourth-order valence-electron chi connectivity index (χ4n) is 2.51. The van der Waals surface area contributed by atoms with Gasteiger partial charge in [-0.2, -0.15) is 0 Å². The van der Waals surface area contributed by atoms with Crippen LogP contribution in [0.15, 0.2) is 0 Å². The number of aromatic nitrogens is 3. The van der Waals surface area contributed by atoms with E-state index in [1.165, 1.54) is 19.3 Å². The van der Waals surface area contributed by atoms with Crippen molar-refractivity contribution in [2.75, 3.05) is 0 Å². The summed E-state index contributed by atoms with van der Waals surface area (Å²) in [6.07, 6.45) is 5.11. The summed E-state index contributed by atoms with van der Waals surface area (Å²) in [5.74, 6) is 0.246. The van der Waals surface area contributed by atoms with Crippen LogP contribution < -0.4 is 0 Å². The van der Waals surface area contributed by atoms with Crippen molar-refractivity contribution in [1.29, 1.82) is 0 Å². The Labute approximate surface area is 107 Å². The molecule has 0 aliphatic heterocycles. The van der Waals surface area contributed by atoms with Crippen LogP contribution in [0.2, 0.25) is 0 Å². The highest BCUT2D eigenvalue weighted by Gasteiger charge is 2.21. The number of aryl methyl sites for hydroxylation is 1. The van der Waals surface area contributed by atoms with Gasteiger partial charge in [0.05, 0.1) is 17.8 Å². The Hall–Kier alpha value is -1.39. The number of hydrogen-bond acceptors (Lipinski definition) is 3. The van der Waals surface area contributed by atoms with Crippen LogP contribution in [0.1, 0.15) is 56.8 Å². The first-order valence-corrected chi connectivity index (χ1v) is 6.72. The van der Waals surface area contributed by atoms with Gasteiger partial charge in [0.2, 0.25) is 0 Å². The second kappa shape index (κ2) is 5.50. The monoisotopic (exact) mass is 251 g/mol. The maximum Gasteiger partial charge on any atom is 0.309 e. The van der Waals surface area contributed by atoms with E-state index in [0.29, 0.717) is 5.69 Å². The molecular formula is C13H21N3O2. The van der Waals surface area contributed by atoms with Crippen LogP contribution >= 0.6 is 0 Å². The summed E-state index contributed by atoms with van der Waals surface area (Å²) < 4.78 is 1.90. The second-order valence-electron chi connectivity index (χ2n) is 5.46. The molecule has 1 saturated carbocycles. The molecule has 1 N–H and O–H groups in total. The van der Waals surface area contributed by atoms with Crippen molar-refractivity contribution in [3.63, 3.8) is 0 Å². The van der Waals surface area contributed by atoms with Crippen LogP contribution in [-0.4, -0.2) is 26.1 Å². The van der Waals surface area contributed by atoms with E-state index in [4.69, 9.17) is 5.11 Å². The van der Waals surface area contributed by atoms with Crippen molar-refractivity contribution in [3.8, 4) is 0 Å². The zero-order chi connectivity index (χ0) is 13.1. The molecule has 1 aromatic rings. The number of carbonyl (C=O) groups is 1. The van der Waals surface area contributed by atoms with Crippen molar-refractivity contribution in [2.45, 2.75) is 58.4 Å². The smallest absolute Gasteiger partial charge is 0.309 e. The van der Waals surface area contributed by atoms with Crippen molar-refractivity contribution < 1.29 is 9.90 Å². The van der Waals surface area contributed by atoms with E-state index in [1.807, 2.05) is 4.68 Å². The molecule has 1 fully saturated rings.